The first-order valence-corrected chi connectivity index (χ1v) is 6.60. The van der Waals surface area contributed by atoms with Crippen molar-refractivity contribution in [3.05, 3.63) is 28.8 Å². The standard InChI is InChI=1S/C14H21ClF2N2/c1-14(2,3)18-8-10-6-5-7-11(15)13(10)19(4)9-12(16)17/h5-7,12,18H,8-9H2,1-4H3. The summed E-state index contributed by atoms with van der Waals surface area (Å²) >= 11 is 6.14. The molecule has 0 spiro atoms. The number of para-hydroxylation sites is 1. The van der Waals surface area contributed by atoms with Gasteiger partial charge in [0.15, 0.2) is 0 Å². The van der Waals surface area contributed by atoms with Crippen LogP contribution in [0, 0.1) is 0 Å². The van der Waals surface area contributed by atoms with E-state index in [0.29, 0.717) is 17.3 Å². The molecule has 1 aromatic rings. The molecule has 1 aromatic carbocycles. The zero-order valence-corrected chi connectivity index (χ0v) is 12.6. The second-order valence-electron chi connectivity index (χ2n) is 5.62. The second-order valence-corrected chi connectivity index (χ2v) is 6.03. The minimum absolute atomic E-state index is 0.0408. The van der Waals surface area contributed by atoms with E-state index in [-0.39, 0.29) is 12.1 Å². The summed E-state index contributed by atoms with van der Waals surface area (Å²) in [6.07, 6.45) is -2.38. The summed E-state index contributed by atoms with van der Waals surface area (Å²) in [4.78, 5) is 1.51. The fourth-order valence-electron chi connectivity index (χ4n) is 1.79. The van der Waals surface area contributed by atoms with Crippen molar-refractivity contribution in [2.75, 3.05) is 18.5 Å². The molecule has 0 saturated heterocycles. The van der Waals surface area contributed by atoms with Crippen LogP contribution in [0.1, 0.15) is 26.3 Å². The summed E-state index contributed by atoms with van der Waals surface area (Å²) in [7, 11) is 1.63. The van der Waals surface area contributed by atoms with Crippen LogP contribution in [0.3, 0.4) is 0 Å². The molecule has 0 bridgehead atoms. The van der Waals surface area contributed by atoms with Crippen molar-refractivity contribution in [2.45, 2.75) is 39.3 Å². The third-order valence-corrected chi connectivity index (χ3v) is 2.98. The van der Waals surface area contributed by atoms with E-state index in [1.165, 1.54) is 4.90 Å². The van der Waals surface area contributed by atoms with Crippen LogP contribution in [0.5, 0.6) is 0 Å². The number of anilines is 1. The zero-order valence-electron chi connectivity index (χ0n) is 11.8. The second kappa shape index (κ2) is 6.53. The number of benzene rings is 1. The Kier molecular flexibility index (Phi) is 5.56. The molecule has 19 heavy (non-hydrogen) atoms. The summed E-state index contributed by atoms with van der Waals surface area (Å²) in [5.41, 5.74) is 1.55. The Morgan fingerprint density at radius 3 is 2.47 bits per heavy atom. The Labute approximate surface area is 118 Å². The first-order chi connectivity index (χ1) is 8.70. The van der Waals surface area contributed by atoms with Crippen molar-refractivity contribution >= 4 is 17.3 Å². The monoisotopic (exact) mass is 290 g/mol. The van der Waals surface area contributed by atoms with E-state index >= 15 is 0 Å². The lowest BCUT2D eigenvalue weighted by molar-refractivity contribution is 0.156. The summed E-state index contributed by atoms with van der Waals surface area (Å²) < 4.78 is 25.0. The molecular formula is C14H21ClF2N2. The number of hydrogen-bond donors (Lipinski definition) is 1. The average molecular weight is 291 g/mol. The highest BCUT2D eigenvalue weighted by Gasteiger charge is 2.17. The van der Waals surface area contributed by atoms with Gasteiger partial charge in [-0.1, -0.05) is 23.7 Å². The topological polar surface area (TPSA) is 15.3 Å². The van der Waals surface area contributed by atoms with Crippen molar-refractivity contribution in [1.82, 2.24) is 5.32 Å². The van der Waals surface area contributed by atoms with Crippen LogP contribution in [-0.4, -0.2) is 25.6 Å². The molecule has 2 nitrogen and oxygen atoms in total. The molecule has 0 aromatic heterocycles. The van der Waals surface area contributed by atoms with Crippen LogP contribution in [0.15, 0.2) is 18.2 Å². The molecule has 0 aliphatic rings. The summed E-state index contributed by atoms with van der Waals surface area (Å²) in [5.74, 6) is 0. The third kappa shape index (κ3) is 5.33. The van der Waals surface area contributed by atoms with Gasteiger partial charge in [0.25, 0.3) is 6.43 Å². The lowest BCUT2D eigenvalue weighted by Gasteiger charge is -2.26. The zero-order chi connectivity index (χ0) is 14.6. The highest BCUT2D eigenvalue weighted by atomic mass is 35.5. The van der Waals surface area contributed by atoms with Crippen LogP contribution in [0.25, 0.3) is 0 Å². The van der Waals surface area contributed by atoms with E-state index in [9.17, 15) is 8.78 Å². The molecule has 0 atom stereocenters. The van der Waals surface area contributed by atoms with Crippen LogP contribution in [0.4, 0.5) is 14.5 Å². The molecule has 0 aliphatic carbocycles. The van der Waals surface area contributed by atoms with Crippen molar-refractivity contribution in [3.8, 4) is 0 Å². The Bertz CT molecular complexity index is 416. The van der Waals surface area contributed by atoms with Gasteiger partial charge in [0, 0.05) is 19.1 Å². The fraction of sp³-hybridized carbons (Fsp3) is 0.571. The molecule has 5 heteroatoms. The average Bonchev–Trinajstić information content (AvgIpc) is 2.24. The van der Waals surface area contributed by atoms with Crippen LogP contribution in [0.2, 0.25) is 5.02 Å². The van der Waals surface area contributed by atoms with E-state index in [1.54, 1.807) is 13.1 Å². The molecule has 0 radical (unpaired) electrons. The lowest BCUT2D eigenvalue weighted by Crippen LogP contribution is -2.36. The minimum Gasteiger partial charge on any atom is -0.367 e. The van der Waals surface area contributed by atoms with Crippen LogP contribution >= 0.6 is 11.6 Å². The lowest BCUT2D eigenvalue weighted by atomic mass is 10.1. The van der Waals surface area contributed by atoms with E-state index in [2.05, 4.69) is 26.1 Å². The summed E-state index contributed by atoms with van der Waals surface area (Å²) in [6.45, 7) is 6.43. The van der Waals surface area contributed by atoms with Gasteiger partial charge in [-0.25, -0.2) is 8.78 Å². The van der Waals surface area contributed by atoms with Gasteiger partial charge in [-0.2, -0.15) is 0 Å². The predicted molar refractivity (Wildman–Crippen MR) is 77.3 cm³/mol. The molecule has 0 fully saturated rings. The smallest absolute Gasteiger partial charge is 0.255 e. The SMILES string of the molecule is CN(CC(F)F)c1c(Cl)cccc1CNC(C)(C)C. The van der Waals surface area contributed by atoms with Crippen LogP contribution in [-0.2, 0) is 6.54 Å². The Morgan fingerprint density at radius 1 is 1.32 bits per heavy atom. The van der Waals surface area contributed by atoms with Crippen molar-refractivity contribution in [3.63, 3.8) is 0 Å². The largest absolute Gasteiger partial charge is 0.367 e. The Balaban J connectivity index is 2.95. The number of halogens is 3. The summed E-state index contributed by atoms with van der Waals surface area (Å²) in [6, 6.07) is 5.46. The summed E-state index contributed by atoms with van der Waals surface area (Å²) in [5, 5.41) is 3.84. The van der Waals surface area contributed by atoms with E-state index in [1.807, 2.05) is 12.1 Å². The molecule has 1 rings (SSSR count). The van der Waals surface area contributed by atoms with Gasteiger partial charge < -0.3 is 10.2 Å². The first kappa shape index (κ1) is 16.2. The van der Waals surface area contributed by atoms with Gasteiger partial charge in [-0.05, 0) is 32.4 Å². The van der Waals surface area contributed by atoms with Crippen LogP contribution < -0.4 is 10.2 Å². The number of nitrogens with one attached hydrogen (secondary N) is 1. The van der Waals surface area contributed by atoms with E-state index in [4.69, 9.17) is 11.6 Å². The Morgan fingerprint density at radius 2 is 1.95 bits per heavy atom. The molecule has 0 aliphatic heterocycles. The van der Waals surface area contributed by atoms with Gasteiger partial charge in [0.05, 0.1) is 17.3 Å². The maximum Gasteiger partial charge on any atom is 0.255 e. The normalized spacial score (nSPS) is 12.0. The highest BCUT2D eigenvalue weighted by molar-refractivity contribution is 6.33. The number of nitrogens with zero attached hydrogens (tertiary/aromatic N) is 1. The molecular weight excluding hydrogens is 270 g/mol. The van der Waals surface area contributed by atoms with E-state index < -0.39 is 6.43 Å². The molecule has 0 unspecified atom stereocenters. The van der Waals surface area contributed by atoms with Gasteiger partial charge in [0.2, 0.25) is 0 Å². The fourth-order valence-corrected chi connectivity index (χ4v) is 2.13. The van der Waals surface area contributed by atoms with Gasteiger partial charge in [-0.15, -0.1) is 0 Å². The molecule has 0 amide bonds. The van der Waals surface area contributed by atoms with Gasteiger partial charge in [-0.3, -0.25) is 0 Å². The molecule has 1 N–H and O–H groups in total. The maximum absolute atomic E-state index is 12.5. The van der Waals surface area contributed by atoms with Crippen molar-refractivity contribution in [2.24, 2.45) is 0 Å². The van der Waals surface area contributed by atoms with Crippen molar-refractivity contribution in [1.29, 1.82) is 0 Å². The number of hydrogen-bond acceptors (Lipinski definition) is 2. The quantitative estimate of drug-likeness (QED) is 0.884. The number of alkyl halides is 2. The molecule has 0 heterocycles. The molecule has 108 valence electrons. The highest BCUT2D eigenvalue weighted by Crippen LogP contribution is 2.29. The predicted octanol–water partition coefficient (Wildman–Crippen LogP) is 3.93. The van der Waals surface area contributed by atoms with E-state index in [0.717, 1.165) is 5.56 Å². The maximum atomic E-state index is 12.5. The van der Waals surface area contributed by atoms with Gasteiger partial charge in [0.1, 0.15) is 0 Å². The molecule has 0 saturated carbocycles. The number of rotatable bonds is 5. The third-order valence-electron chi connectivity index (χ3n) is 2.67. The Hall–Kier alpha value is -0.870. The first-order valence-electron chi connectivity index (χ1n) is 6.22. The van der Waals surface area contributed by atoms with Gasteiger partial charge >= 0.3 is 0 Å². The van der Waals surface area contributed by atoms with Crippen molar-refractivity contribution < 1.29 is 8.78 Å². The minimum atomic E-state index is -2.38.